The first-order valence-electron chi connectivity index (χ1n) is 10.8. The summed E-state index contributed by atoms with van der Waals surface area (Å²) in [4.78, 5) is 24.7. The summed E-state index contributed by atoms with van der Waals surface area (Å²) in [6, 6.07) is 16.2. The topological polar surface area (TPSA) is 95.1 Å². The van der Waals surface area contributed by atoms with Crippen molar-refractivity contribution < 1.29 is 23.5 Å². The number of esters is 1. The van der Waals surface area contributed by atoms with E-state index in [0.717, 1.165) is 22.3 Å². The quantitative estimate of drug-likeness (QED) is 0.244. The van der Waals surface area contributed by atoms with Crippen LogP contribution in [0.15, 0.2) is 64.1 Å². The van der Waals surface area contributed by atoms with Gasteiger partial charge < -0.3 is 18.5 Å². The lowest BCUT2D eigenvalue weighted by Gasteiger charge is -2.13. The third-order valence-corrected chi connectivity index (χ3v) is 5.41. The number of nitrogens with zero attached hydrogens (tertiary/aromatic N) is 2. The summed E-state index contributed by atoms with van der Waals surface area (Å²) >= 11 is 0. The van der Waals surface area contributed by atoms with Crippen LogP contribution in [0, 0.1) is 13.8 Å². The van der Waals surface area contributed by atoms with Crippen molar-refractivity contribution in [2.24, 2.45) is 5.10 Å². The Bertz CT molecular complexity index is 1400. The molecule has 0 aliphatic heterocycles. The predicted octanol–water partition coefficient (Wildman–Crippen LogP) is 4.79. The van der Waals surface area contributed by atoms with Gasteiger partial charge in [-0.05, 0) is 63.2 Å². The van der Waals surface area contributed by atoms with E-state index in [9.17, 15) is 9.59 Å². The molecular formula is C26H25N3O5. The number of furan rings is 1. The van der Waals surface area contributed by atoms with E-state index >= 15 is 0 Å². The maximum Gasteiger partial charge on any atom is 0.339 e. The van der Waals surface area contributed by atoms with Crippen molar-refractivity contribution in [2.75, 3.05) is 13.7 Å². The van der Waals surface area contributed by atoms with Crippen LogP contribution in [-0.2, 0) is 4.74 Å². The molecule has 0 aliphatic rings. The van der Waals surface area contributed by atoms with Crippen LogP contribution in [0.2, 0.25) is 0 Å². The van der Waals surface area contributed by atoms with Crippen molar-refractivity contribution in [3.63, 3.8) is 0 Å². The minimum atomic E-state index is -0.463. The lowest BCUT2D eigenvalue weighted by molar-refractivity contribution is 0.0600. The van der Waals surface area contributed by atoms with Crippen LogP contribution < -0.4 is 10.2 Å². The summed E-state index contributed by atoms with van der Waals surface area (Å²) in [5, 5.41) is 4.87. The molecule has 4 rings (SSSR count). The molecule has 0 fully saturated rings. The molecule has 0 radical (unpaired) electrons. The van der Waals surface area contributed by atoms with Crippen LogP contribution in [0.1, 0.15) is 44.8 Å². The van der Waals surface area contributed by atoms with Gasteiger partial charge in [-0.15, -0.1) is 0 Å². The number of fused-ring (bicyclic) bond motifs is 1. The standard InChI is InChI=1S/C26H25N3O5/c1-5-33-20-10-11-23-18(13-20)14-24(34-23)25(30)28-27-15-19-12-16(2)29(17(19)3)22-9-7-6-8-21(22)26(31)32-4/h6-15H,5H2,1-4H3,(H,28,30)/b27-15+. The highest BCUT2D eigenvalue weighted by Gasteiger charge is 2.17. The molecule has 1 N–H and O–H groups in total. The minimum Gasteiger partial charge on any atom is -0.494 e. The fourth-order valence-electron chi connectivity index (χ4n) is 3.85. The lowest BCUT2D eigenvalue weighted by atomic mass is 10.1. The number of aryl methyl sites for hydroxylation is 1. The van der Waals surface area contributed by atoms with Crippen molar-refractivity contribution in [3.05, 3.63) is 82.9 Å². The maximum atomic E-state index is 12.5. The molecule has 8 nitrogen and oxygen atoms in total. The number of amides is 1. The Hall–Kier alpha value is -4.33. The van der Waals surface area contributed by atoms with Gasteiger partial charge in [-0.25, -0.2) is 10.2 Å². The Morgan fingerprint density at radius 3 is 2.68 bits per heavy atom. The van der Waals surface area contributed by atoms with Crippen molar-refractivity contribution >= 4 is 29.1 Å². The summed E-state index contributed by atoms with van der Waals surface area (Å²) in [6.45, 7) is 6.31. The van der Waals surface area contributed by atoms with Crippen molar-refractivity contribution in [2.45, 2.75) is 20.8 Å². The molecule has 34 heavy (non-hydrogen) atoms. The highest BCUT2D eigenvalue weighted by atomic mass is 16.5. The Labute approximate surface area is 196 Å². The van der Waals surface area contributed by atoms with Gasteiger partial charge in [0.1, 0.15) is 11.3 Å². The molecule has 0 unspecified atom stereocenters. The van der Waals surface area contributed by atoms with E-state index in [0.29, 0.717) is 29.2 Å². The van der Waals surface area contributed by atoms with E-state index in [4.69, 9.17) is 13.9 Å². The number of hydrogen-bond donors (Lipinski definition) is 1. The molecule has 0 aliphatic carbocycles. The largest absolute Gasteiger partial charge is 0.494 e. The molecule has 0 saturated carbocycles. The van der Waals surface area contributed by atoms with Gasteiger partial charge in [0.05, 0.1) is 31.2 Å². The second-order valence-electron chi connectivity index (χ2n) is 7.61. The third kappa shape index (κ3) is 4.43. The molecule has 0 spiro atoms. The first-order chi connectivity index (χ1) is 16.4. The second kappa shape index (κ2) is 9.66. The van der Waals surface area contributed by atoms with Crippen LogP contribution in [-0.4, -0.2) is 36.4 Å². The predicted molar refractivity (Wildman–Crippen MR) is 129 cm³/mol. The van der Waals surface area contributed by atoms with Gasteiger partial charge in [0, 0.05) is 22.3 Å². The minimum absolute atomic E-state index is 0.151. The summed E-state index contributed by atoms with van der Waals surface area (Å²) in [6.07, 6.45) is 1.56. The first kappa shape index (κ1) is 22.8. The third-order valence-electron chi connectivity index (χ3n) is 5.41. The molecule has 2 aromatic carbocycles. The van der Waals surface area contributed by atoms with Crippen molar-refractivity contribution in [1.82, 2.24) is 9.99 Å². The van der Waals surface area contributed by atoms with Gasteiger partial charge in [0.25, 0.3) is 0 Å². The fraction of sp³-hybridized carbons (Fsp3) is 0.192. The van der Waals surface area contributed by atoms with E-state index in [-0.39, 0.29) is 5.76 Å². The molecule has 0 bridgehead atoms. The van der Waals surface area contributed by atoms with Gasteiger partial charge in [-0.3, -0.25) is 4.79 Å². The summed E-state index contributed by atoms with van der Waals surface area (Å²) < 4.78 is 18.0. The molecule has 8 heteroatoms. The second-order valence-corrected chi connectivity index (χ2v) is 7.61. The van der Waals surface area contributed by atoms with E-state index in [1.807, 2.05) is 49.6 Å². The SMILES string of the molecule is CCOc1ccc2oc(C(=O)N/N=C/c3cc(C)n(-c4ccccc4C(=O)OC)c3C)cc2c1. The molecule has 2 aromatic heterocycles. The van der Waals surface area contributed by atoms with Crippen LogP contribution in [0.4, 0.5) is 0 Å². The zero-order valence-electron chi connectivity index (χ0n) is 19.4. The number of hydrazone groups is 1. The van der Waals surface area contributed by atoms with Gasteiger partial charge in [0.15, 0.2) is 5.76 Å². The number of rotatable bonds is 7. The van der Waals surface area contributed by atoms with E-state index < -0.39 is 11.9 Å². The number of para-hydroxylation sites is 1. The molecule has 0 saturated heterocycles. The molecule has 0 atom stereocenters. The van der Waals surface area contributed by atoms with Gasteiger partial charge >= 0.3 is 11.9 Å². The summed E-state index contributed by atoms with van der Waals surface area (Å²) in [5.74, 6) is -0.0109. The molecule has 2 heterocycles. The van der Waals surface area contributed by atoms with Crippen LogP contribution in [0.3, 0.4) is 0 Å². The number of methoxy groups -OCH3 is 1. The highest BCUT2D eigenvalue weighted by Crippen LogP contribution is 2.25. The number of carbonyl (C=O) groups excluding carboxylic acids is 2. The van der Waals surface area contributed by atoms with Crippen molar-refractivity contribution in [1.29, 1.82) is 0 Å². The maximum absolute atomic E-state index is 12.5. The number of carbonyl (C=O) groups is 2. The fourth-order valence-corrected chi connectivity index (χ4v) is 3.85. The van der Waals surface area contributed by atoms with Crippen LogP contribution >= 0.6 is 0 Å². The number of hydrogen-bond acceptors (Lipinski definition) is 6. The van der Waals surface area contributed by atoms with Gasteiger partial charge in [-0.1, -0.05) is 12.1 Å². The molecule has 4 aromatic rings. The van der Waals surface area contributed by atoms with E-state index in [1.54, 1.807) is 36.5 Å². The Kier molecular flexibility index (Phi) is 6.49. The van der Waals surface area contributed by atoms with Crippen LogP contribution in [0.5, 0.6) is 5.75 Å². The molecule has 174 valence electrons. The molecule has 1 amide bonds. The number of ether oxygens (including phenoxy) is 2. The average molecular weight is 460 g/mol. The van der Waals surface area contributed by atoms with E-state index in [2.05, 4.69) is 10.5 Å². The Morgan fingerprint density at radius 1 is 1.12 bits per heavy atom. The normalized spacial score (nSPS) is 11.2. The average Bonchev–Trinajstić information content (AvgIpc) is 3.38. The molecular weight excluding hydrogens is 434 g/mol. The number of nitrogens with one attached hydrogen (secondary N) is 1. The van der Waals surface area contributed by atoms with Gasteiger partial charge in [-0.2, -0.15) is 5.10 Å². The summed E-state index contributed by atoms with van der Waals surface area (Å²) in [5.41, 5.74) is 6.82. The Balaban J connectivity index is 1.54. The zero-order valence-corrected chi connectivity index (χ0v) is 19.4. The highest BCUT2D eigenvalue weighted by molar-refractivity contribution is 5.97. The van der Waals surface area contributed by atoms with Crippen molar-refractivity contribution in [3.8, 4) is 11.4 Å². The van der Waals surface area contributed by atoms with E-state index in [1.165, 1.54) is 7.11 Å². The zero-order chi connectivity index (χ0) is 24.2. The Morgan fingerprint density at radius 2 is 1.91 bits per heavy atom. The lowest BCUT2D eigenvalue weighted by Crippen LogP contribution is -2.16. The van der Waals surface area contributed by atoms with Gasteiger partial charge in [0.2, 0.25) is 0 Å². The monoisotopic (exact) mass is 459 g/mol. The first-order valence-corrected chi connectivity index (χ1v) is 10.8. The smallest absolute Gasteiger partial charge is 0.339 e. The summed E-state index contributed by atoms with van der Waals surface area (Å²) in [7, 11) is 1.36. The number of aromatic nitrogens is 1. The number of benzene rings is 2. The van der Waals surface area contributed by atoms with Crippen LogP contribution in [0.25, 0.3) is 16.7 Å².